The summed E-state index contributed by atoms with van der Waals surface area (Å²) in [5.74, 6) is 2.47. The average Bonchev–Trinajstić information content (AvgIpc) is 3.54. The Morgan fingerprint density at radius 3 is 2.89 bits per heavy atom. The summed E-state index contributed by atoms with van der Waals surface area (Å²) in [4.78, 5) is 7.49. The second-order valence-electron chi connectivity index (χ2n) is 9.90. The fraction of sp³-hybridized carbons (Fsp3) is 0.444. The number of nitrogens with one attached hydrogen (secondary N) is 1. The van der Waals surface area contributed by atoms with E-state index in [4.69, 9.17) is 14.8 Å². The molecule has 1 fully saturated rings. The van der Waals surface area contributed by atoms with Crippen LogP contribution < -0.4 is 10.1 Å². The van der Waals surface area contributed by atoms with E-state index in [2.05, 4.69) is 52.6 Å². The van der Waals surface area contributed by atoms with Crippen molar-refractivity contribution in [3.63, 3.8) is 0 Å². The van der Waals surface area contributed by atoms with Crippen LogP contribution in [0.2, 0.25) is 0 Å². The van der Waals surface area contributed by atoms with Crippen LogP contribution in [0, 0.1) is 6.92 Å². The summed E-state index contributed by atoms with van der Waals surface area (Å²) in [5, 5.41) is 12.6. The molecule has 1 saturated heterocycles. The normalized spacial score (nSPS) is 19.3. The molecule has 0 saturated carbocycles. The molecule has 2 aliphatic heterocycles. The summed E-state index contributed by atoms with van der Waals surface area (Å²) in [5.41, 5.74) is 5.42. The molecule has 0 spiro atoms. The Labute approximate surface area is 205 Å². The minimum absolute atomic E-state index is 0.473. The van der Waals surface area contributed by atoms with Crippen LogP contribution in [-0.4, -0.2) is 55.0 Å². The van der Waals surface area contributed by atoms with Crippen molar-refractivity contribution in [1.82, 2.24) is 29.3 Å². The van der Waals surface area contributed by atoms with Crippen molar-refractivity contribution < 1.29 is 4.74 Å². The molecular weight excluding hydrogens is 438 g/mol. The predicted octanol–water partition coefficient (Wildman–Crippen LogP) is 4.75. The quantitative estimate of drug-likeness (QED) is 0.399. The second-order valence-corrected chi connectivity index (χ2v) is 9.90. The number of hydrogen-bond acceptors (Lipinski definition) is 6. The molecule has 6 rings (SSSR count). The first kappa shape index (κ1) is 22.1. The Morgan fingerprint density at radius 2 is 1.94 bits per heavy atom. The van der Waals surface area contributed by atoms with E-state index >= 15 is 0 Å². The van der Waals surface area contributed by atoms with E-state index in [0.717, 1.165) is 59.2 Å². The van der Waals surface area contributed by atoms with E-state index in [9.17, 15) is 0 Å². The van der Waals surface area contributed by atoms with E-state index in [1.165, 1.54) is 37.8 Å². The fourth-order valence-electron chi connectivity index (χ4n) is 5.48. The van der Waals surface area contributed by atoms with Gasteiger partial charge in [-0.25, -0.2) is 9.50 Å². The molecule has 0 radical (unpaired) electrons. The summed E-state index contributed by atoms with van der Waals surface area (Å²) in [7, 11) is 1.97. The molecule has 0 aromatic carbocycles. The van der Waals surface area contributed by atoms with E-state index in [1.54, 1.807) is 0 Å². The third-order valence-corrected chi connectivity index (χ3v) is 7.23. The number of fused-ring (bicyclic) bond motifs is 7. The molecule has 0 unspecified atom stereocenters. The molecule has 4 aromatic heterocycles. The molecule has 1 atom stereocenters. The summed E-state index contributed by atoms with van der Waals surface area (Å²) < 4.78 is 10.2. The van der Waals surface area contributed by atoms with Gasteiger partial charge in [0.15, 0.2) is 11.6 Å². The number of nitrogens with zero attached hydrogens (tertiary/aromatic N) is 6. The minimum atomic E-state index is 0.473. The van der Waals surface area contributed by atoms with Gasteiger partial charge in [0.1, 0.15) is 18.1 Å². The first-order chi connectivity index (χ1) is 17.1. The van der Waals surface area contributed by atoms with Gasteiger partial charge in [-0.05, 0) is 81.9 Å². The van der Waals surface area contributed by atoms with Crippen LogP contribution in [0.15, 0.2) is 42.7 Å². The first-order valence-corrected chi connectivity index (χ1v) is 12.8. The molecular formula is C27H33N7O. The van der Waals surface area contributed by atoms with Crippen molar-refractivity contribution in [3.8, 4) is 17.0 Å². The monoisotopic (exact) mass is 471 g/mol. The zero-order chi connectivity index (χ0) is 23.8. The second kappa shape index (κ2) is 9.34. The van der Waals surface area contributed by atoms with Gasteiger partial charge in [-0.3, -0.25) is 9.58 Å². The summed E-state index contributed by atoms with van der Waals surface area (Å²) >= 11 is 0. The number of hydrogen-bond donors (Lipinski definition) is 1. The highest BCUT2D eigenvalue weighted by Crippen LogP contribution is 2.32. The first-order valence-electron chi connectivity index (χ1n) is 12.8. The smallest absolute Gasteiger partial charge is 0.165 e. The highest BCUT2D eigenvalue weighted by Gasteiger charge is 2.25. The third kappa shape index (κ3) is 4.62. The molecule has 4 aromatic rings. The number of rotatable bonds is 0. The molecule has 0 amide bonds. The highest BCUT2D eigenvalue weighted by atomic mass is 16.5. The third-order valence-electron chi connectivity index (χ3n) is 7.23. The lowest BCUT2D eigenvalue weighted by Crippen LogP contribution is -2.35. The molecule has 8 heteroatoms. The Balaban J connectivity index is 1.36. The van der Waals surface area contributed by atoms with E-state index in [1.807, 2.05) is 28.6 Å². The molecule has 8 nitrogen and oxygen atoms in total. The van der Waals surface area contributed by atoms with Gasteiger partial charge in [-0.15, -0.1) is 0 Å². The lowest BCUT2D eigenvalue weighted by atomic mass is 10.1. The lowest BCUT2D eigenvalue weighted by molar-refractivity contribution is 0.171. The maximum absolute atomic E-state index is 6.39. The van der Waals surface area contributed by atoms with Gasteiger partial charge in [-0.1, -0.05) is 6.42 Å². The highest BCUT2D eigenvalue weighted by molar-refractivity contribution is 5.72. The van der Waals surface area contributed by atoms with Crippen LogP contribution in [0.5, 0.6) is 5.75 Å². The molecule has 0 aliphatic carbocycles. The van der Waals surface area contributed by atoms with Crippen LogP contribution in [0.25, 0.3) is 16.8 Å². The van der Waals surface area contributed by atoms with Crippen molar-refractivity contribution >= 4 is 17.2 Å². The van der Waals surface area contributed by atoms with Gasteiger partial charge in [0.25, 0.3) is 0 Å². The van der Waals surface area contributed by atoms with Gasteiger partial charge >= 0.3 is 0 Å². The number of aryl methyl sites for hydroxylation is 3. The van der Waals surface area contributed by atoms with Crippen molar-refractivity contribution in [2.24, 2.45) is 7.05 Å². The maximum atomic E-state index is 6.39. The van der Waals surface area contributed by atoms with Gasteiger partial charge in [-0.2, -0.15) is 10.2 Å². The van der Waals surface area contributed by atoms with Crippen molar-refractivity contribution in [2.45, 2.75) is 51.5 Å². The molecule has 5 bridgehead atoms. The van der Waals surface area contributed by atoms with Crippen LogP contribution in [0.1, 0.15) is 43.4 Å². The predicted molar refractivity (Wildman–Crippen MR) is 137 cm³/mol. The molecule has 1 N–H and O–H groups in total. The number of pyridine rings is 2. The largest absolute Gasteiger partial charge is 0.488 e. The lowest BCUT2D eigenvalue weighted by Gasteiger charge is -2.24. The van der Waals surface area contributed by atoms with E-state index in [0.29, 0.717) is 12.6 Å². The maximum Gasteiger partial charge on any atom is 0.165 e. The fourth-order valence-corrected chi connectivity index (χ4v) is 5.48. The minimum Gasteiger partial charge on any atom is -0.488 e. The average molecular weight is 472 g/mol. The summed E-state index contributed by atoms with van der Waals surface area (Å²) in [6.45, 7) is 5.14. The summed E-state index contributed by atoms with van der Waals surface area (Å²) in [6, 6.07) is 11.0. The van der Waals surface area contributed by atoms with Gasteiger partial charge < -0.3 is 10.1 Å². The number of anilines is 2. The molecule has 6 heterocycles. The van der Waals surface area contributed by atoms with Crippen molar-refractivity contribution in [2.75, 3.05) is 25.0 Å². The van der Waals surface area contributed by atoms with E-state index < -0.39 is 0 Å². The van der Waals surface area contributed by atoms with Crippen LogP contribution in [0.4, 0.5) is 11.6 Å². The van der Waals surface area contributed by atoms with Gasteiger partial charge in [0.05, 0.1) is 11.7 Å². The van der Waals surface area contributed by atoms with E-state index in [-0.39, 0.29) is 0 Å². The molecule has 182 valence electrons. The van der Waals surface area contributed by atoms with Crippen LogP contribution in [0.3, 0.4) is 0 Å². The van der Waals surface area contributed by atoms with Crippen molar-refractivity contribution in [3.05, 3.63) is 54.0 Å². The standard InChI is InChI=1S/C27H33N7O/c1-19-13-21-7-4-3-5-10-33-11-6-8-22(33)18-35-24-17-28-32(2)27(24)20-9-12-34-23(15-20)16-26(31-34)30-25(14-19)29-21/h9,12-17,22H,3-8,10-11,18H2,1-2H3,(H,29,30,31)/t22-/m1/s1. The van der Waals surface area contributed by atoms with Crippen LogP contribution >= 0.6 is 0 Å². The number of ether oxygens (including phenoxy) is 1. The zero-order valence-electron chi connectivity index (χ0n) is 20.6. The summed E-state index contributed by atoms with van der Waals surface area (Å²) in [6.07, 6.45) is 10.9. The number of aromatic nitrogens is 5. The van der Waals surface area contributed by atoms with Gasteiger partial charge in [0, 0.05) is 36.6 Å². The zero-order valence-corrected chi connectivity index (χ0v) is 20.6. The van der Waals surface area contributed by atoms with Crippen LogP contribution in [-0.2, 0) is 13.5 Å². The topological polar surface area (TPSA) is 72.5 Å². The van der Waals surface area contributed by atoms with Crippen molar-refractivity contribution in [1.29, 1.82) is 0 Å². The molecule has 2 aliphatic rings. The Hall–Kier alpha value is -3.39. The SMILES string of the molecule is Cc1cc2nc(c1)Nc1cc3cc(ccn3n1)-c1c(cnn1C)OC[C@H]1CCCN1CCCCC2. The Bertz CT molecular complexity index is 1340. The Kier molecular flexibility index (Phi) is 5.90. The van der Waals surface area contributed by atoms with Gasteiger partial charge in [0.2, 0.25) is 0 Å². The molecule has 35 heavy (non-hydrogen) atoms. The Morgan fingerprint density at radius 1 is 1.03 bits per heavy atom.